The number of rotatable bonds is 4. The van der Waals surface area contributed by atoms with Crippen LogP contribution in [0.1, 0.15) is 21.6 Å². The molecule has 0 unspecified atom stereocenters. The van der Waals surface area contributed by atoms with Crippen molar-refractivity contribution < 1.29 is 14.3 Å². The summed E-state index contributed by atoms with van der Waals surface area (Å²) in [6.45, 7) is 0.319. The summed E-state index contributed by atoms with van der Waals surface area (Å²) in [6.07, 6.45) is 1.53. The molecule has 0 amide bonds. The summed E-state index contributed by atoms with van der Waals surface area (Å²) in [6, 6.07) is 7.14. The first-order chi connectivity index (χ1) is 10.1. The van der Waals surface area contributed by atoms with E-state index < -0.39 is 5.97 Å². The van der Waals surface area contributed by atoms with Gasteiger partial charge in [-0.2, -0.15) is 10.4 Å². The highest BCUT2D eigenvalue weighted by atomic mass is 16.5. The third kappa shape index (κ3) is 2.95. The third-order valence-corrected chi connectivity index (χ3v) is 2.91. The van der Waals surface area contributed by atoms with E-state index in [2.05, 4.69) is 15.9 Å². The second kappa shape index (κ2) is 5.96. The molecule has 1 aromatic carbocycles. The normalized spacial score (nSPS) is 9.95. The zero-order chi connectivity index (χ0) is 15.4. The van der Waals surface area contributed by atoms with Crippen molar-refractivity contribution >= 4 is 11.7 Å². The number of esters is 1. The van der Waals surface area contributed by atoms with Crippen LogP contribution >= 0.6 is 0 Å². The fourth-order valence-electron chi connectivity index (χ4n) is 1.92. The highest BCUT2D eigenvalue weighted by Gasteiger charge is 2.16. The van der Waals surface area contributed by atoms with Crippen molar-refractivity contribution in [1.29, 1.82) is 5.26 Å². The van der Waals surface area contributed by atoms with Gasteiger partial charge in [0.15, 0.2) is 5.69 Å². The first kappa shape index (κ1) is 14.4. The number of benzene rings is 1. The average Bonchev–Trinajstić information content (AvgIpc) is 2.86. The third-order valence-electron chi connectivity index (χ3n) is 2.91. The van der Waals surface area contributed by atoms with Crippen LogP contribution in [0.15, 0.2) is 24.4 Å². The topological polar surface area (TPSA) is 103 Å². The number of hydrogen-bond donors (Lipinski definition) is 1. The van der Waals surface area contributed by atoms with Gasteiger partial charge in [-0.05, 0) is 18.2 Å². The Hall–Kier alpha value is -3.01. The van der Waals surface area contributed by atoms with E-state index in [1.54, 1.807) is 25.3 Å². The molecule has 0 bridgehead atoms. The highest BCUT2D eigenvalue weighted by molar-refractivity contribution is 5.92. The van der Waals surface area contributed by atoms with Crippen LogP contribution in [0.25, 0.3) is 0 Å². The number of anilines is 1. The summed E-state index contributed by atoms with van der Waals surface area (Å²) in [5.74, 6) is 0.0340. The molecule has 2 rings (SSSR count). The summed E-state index contributed by atoms with van der Waals surface area (Å²) < 4.78 is 11.3. The van der Waals surface area contributed by atoms with Gasteiger partial charge in [-0.15, -0.1) is 0 Å². The Morgan fingerprint density at radius 2 is 2.24 bits per heavy atom. The Morgan fingerprint density at radius 1 is 1.48 bits per heavy atom. The van der Waals surface area contributed by atoms with Crippen LogP contribution < -0.4 is 10.5 Å². The lowest BCUT2D eigenvalue weighted by Crippen LogP contribution is -2.07. The van der Waals surface area contributed by atoms with Gasteiger partial charge in [0.25, 0.3) is 0 Å². The summed E-state index contributed by atoms with van der Waals surface area (Å²) in [5, 5.41) is 13.0. The van der Waals surface area contributed by atoms with Crippen LogP contribution in [0.2, 0.25) is 0 Å². The SMILES string of the molecule is COC(=O)c1nn(Cc2cc(C#N)ccc2OC)cc1N. The molecule has 0 fully saturated rings. The molecule has 1 aromatic heterocycles. The van der Waals surface area contributed by atoms with Crippen LogP contribution in [0.3, 0.4) is 0 Å². The van der Waals surface area contributed by atoms with Crippen molar-refractivity contribution in [2.75, 3.05) is 20.0 Å². The Labute approximate surface area is 121 Å². The molecule has 0 spiro atoms. The number of nitrogens with zero attached hydrogens (tertiary/aromatic N) is 3. The van der Waals surface area contributed by atoms with Gasteiger partial charge >= 0.3 is 5.97 Å². The monoisotopic (exact) mass is 286 g/mol. The van der Waals surface area contributed by atoms with Gasteiger partial charge in [-0.3, -0.25) is 4.68 Å². The molecule has 0 atom stereocenters. The maximum atomic E-state index is 11.5. The highest BCUT2D eigenvalue weighted by Crippen LogP contribution is 2.21. The lowest BCUT2D eigenvalue weighted by atomic mass is 10.1. The molecule has 0 saturated carbocycles. The predicted octanol–water partition coefficient (Wildman–Crippen LogP) is 1.18. The molecule has 7 nitrogen and oxygen atoms in total. The van der Waals surface area contributed by atoms with Gasteiger partial charge in [0.2, 0.25) is 0 Å². The second-order valence-electron chi connectivity index (χ2n) is 4.26. The van der Waals surface area contributed by atoms with Crippen molar-refractivity contribution in [1.82, 2.24) is 9.78 Å². The lowest BCUT2D eigenvalue weighted by molar-refractivity contribution is 0.0594. The van der Waals surface area contributed by atoms with E-state index in [0.717, 1.165) is 5.56 Å². The molecule has 108 valence electrons. The molecule has 0 aliphatic heterocycles. The Morgan fingerprint density at radius 3 is 2.86 bits per heavy atom. The number of carbonyl (C=O) groups is 1. The van der Waals surface area contributed by atoms with E-state index in [4.69, 9.17) is 15.7 Å². The molecule has 0 saturated heterocycles. The number of hydrogen-bond acceptors (Lipinski definition) is 6. The Balaban J connectivity index is 2.34. The van der Waals surface area contributed by atoms with Crippen LogP contribution in [0.4, 0.5) is 5.69 Å². The molecule has 0 radical (unpaired) electrons. The molecule has 21 heavy (non-hydrogen) atoms. The van der Waals surface area contributed by atoms with Crippen LogP contribution in [0, 0.1) is 11.3 Å². The quantitative estimate of drug-likeness (QED) is 0.846. The van der Waals surface area contributed by atoms with Crippen molar-refractivity contribution in [2.24, 2.45) is 0 Å². The number of nitriles is 1. The number of methoxy groups -OCH3 is 2. The maximum absolute atomic E-state index is 11.5. The summed E-state index contributed by atoms with van der Waals surface area (Å²) in [4.78, 5) is 11.5. The van der Waals surface area contributed by atoms with Gasteiger partial charge < -0.3 is 15.2 Å². The number of aromatic nitrogens is 2. The van der Waals surface area contributed by atoms with E-state index in [0.29, 0.717) is 17.9 Å². The van der Waals surface area contributed by atoms with Crippen molar-refractivity contribution in [2.45, 2.75) is 6.54 Å². The van der Waals surface area contributed by atoms with E-state index in [1.165, 1.54) is 18.0 Å². The second-order valence-corrected chi connectivity index (χ2v) is 4.26. The van der Waals surface area contributed by atoms with E-state index in [9.17, 15) is 4.79 Å². The fraction of sp³-hybridized carbons (Fsp3) is 0.214. The van der Waals surface area contributed by atoms with Gasteiger partial charge in [0, 0.05) is 11.8 Å². The van der Waals surface area contributed by atoms with Gasteiger partial charge in [0.1, 0.15) is 5.75 Å². The minimum absolute atomic E-state index is 0.0629. The van der Waals surface area contributed by atoms with E-state index in [1.807, 2.05) is 0 Å². The summed E-state index contributed by atoms with van der Waals surface area (Å²) >= 11 is 0. The zero-order valence-electron chi connectivity index (χ0n) is 11.7. The maximum Gasteiger partial charge on any atom is 0.360 e. The number of nitrogen functional groups attached to an aromatic ring is 1. The molecule has 2 aromatic rings. The van der Waals surface area contributed by atoms with E-state index >= 15 is 0 Å². The molecular weight excluding hydrogens is 272 g/mol. The summed E-state index contributed by atoms with van der Waals surface area (Å²) in [5.41, 5.74) is 7.30. The molecule has 2 N–H and O–H groups in total. The largest absolute Gasteiger partial charge is 0.496 e. The van der Waals surface area contributed by atoms with E-state index in [-0.39, 0.29) is 11.4 Å². The van der Waals surface area contributed by atoms with Crippen molar-refractivity contribution in [3.8, 4) is 11.8 Å². The standard InChI is InChI=1S/C14H14N4O3/c1-20-12-4-3-9(6-15)5-10(12)7-18-8-11(16)13(17-18)14(19)21-2/h3-5,8H,7,16H2,1-2H3. The lowest BCUT2D eigenvalue weighted by Gasteiger charge is -2.08. The molecule has 7 heteroatoms. The molecule has 1 heterocycles. The number of nitrogens with two attached hydrogens (primary N) is 1. The van der Waals surface area contributed by atoms with Crippen LogP contribution in [-0.2, 0) is 11.3 Å². The zero-order valence-corrected chi connectivity index (χ0v) is 11.7. The van der Waals surface area contributed by atoms with Crippen LogP contribution in [-0.4, -0.2) is 30.0 Å². The Kier molecular flexibility index (Phi) is 4.09. The van der Waals surface area contributed by atoms with Crippen molar-refractivity contribution in [3.63, 3.8) is 0 Å². The molecule has 0 aliphatic carbocycles. The van der Waals surface area contributed by atoms with Gasteiger partial charge in [0.05, 0.1) is 38.1 Å². The predicted molar refractivity (Wildman–Crippen MR) is 74.8 cm³/mol. The molecule has 0 aliphatic rings. The van der Waals surface area contributed by atoms with Crippen LogP contribution in [0.5, 0.6) is 5.75 Å². The first-order valence-electron chi connectivity index (χ1n) is 6.07. The van der Waals surface area contributed by atoms with Gasteiger partial charge in [-0.25, -0.2) is 4.79 Å². The minimum Gasteiger partial charge on any atom is -0.496 e. The number of ether oxygens (including phenoxy) is 2. The minimum atomic E-state index is -0.594. The summed E-state index contributed by atoms with van der Waals surface area (Å²) in [7, 11) is 2.81. The fourth-order valence-corrected chi connectivity index (χ4v) is 1.92. The van der Waals surface area contributed by atoms with Gasteiger partial charge in [-0.1, -0.05) is 0 Å². The van der Waals surface area contributed by atoms with Crippen molar-refractivity contribution in [3.05, 3.63) is 41.2 Å². The molecular formula is C14H14N4O3. The smallest absolute Gasteiger partial charge is 0.360 e. The first-order valence-corrected chi connectivity index (χ1v) is 6.07. The average molecular weight is 286 g/mol. The number of carbonyl (C=O) groups excluding carboxylic acids is 1. The Bertz CT molecular complexity index is 715.